The average molecular weight is 1260 g/mol. The van der Waals surface area contributed by atoms with Gasteiger partial charge < -0.3 is 58.9 Å². The van der Waals surface area contributed by atoms with Crippen LogP contribution in [0.2, 0.25) is 0 Å². The van der Waals surface area contributed by atoms with E-state index in [1.807, 2.05) is 96.4 Å². The van der Waals surface area contributed by atoms with Crippen LogP contribution in [0.25, 0.3) is 32.9 Å². The number of urea groups is 1. The second-order valence-electron chi connectivity index (χ2n) is 26.6. The highest BCUT2D eigenvalue weighted by atomic mass is 16.6. The van der Waals surface area contributed by atoms with Crippen LogP contribution in [0.3, 0.4) is 0 Å². The molecule has 0 saturated carbocycles. The number of rotatable bonds is 11. The lowest BCUT2D eigenvalue weighted by Crippen LogP contribution is -2.58. The van der Waals surface area contributed by atoms with E-state index in [1.165, 1.54) is 38.5 Å². The Morgan fingerprint density at radius 2 is 1.13 bits per heavy atom. The van der Waals surface area contributed by atoms with Crippen molar-refractivity contribution < 1.29 is 37.9 Å². The first-order valence-electron chi connectivity index (χ1n) is 33.5. The number of aryl methyl sites for hydroxylation is 2. The van der Waals surface area contributed by atoms with Crippen LogP contribution < -0.4 is 21.9 Å². The zero-order chi connectivity index (χ0) is 63.5. The Morgan fingerprint density at radius 1 is 0.587 bits per heavy atom. The van der Waals surface area contributed by atoms with Crippen LogP contribution in [-0.4, -0.2) is 182 Å². The molecule has 486 valence electrons. The van der Waals surface area contributed by atoms with Crippen LogP contribution in [0.15, 0.2) is 99.1 Å². The van der Waals surface area contributed by atoms with E-state index >= 15 is 0 Å². The molecular formula is C70H86N12O10. The number of aromatic amines is 3. The molecule has 6 saturated heterocycles. The van der Waals surface area contributed by atoms with Crippen LogP contribution in [0.4, 0.5) is 20.1 Å². The Balaban J connectivity index is 0.000000168. The van der Waals surface area contributed by atoms with Crippen LogP contribution in [0, 0.1) is 13.8 Å². The molecule has 92 heavy (non-hydrogen) atoms. The second-order valence-corrected chi connectivity index (χ2v) is 26.6. The Kier molecular flexibility index (Phi) is 18.5. The highest BCUT2D eigenvalue weighted by Gasteiger charge is 2.44. The molecule has 7 aliphatic rings. The third kappa shape index (κ3) is 13.7. The fourth-order valence-corrected chi connectivity index (χ4v) is 15.7. The lowest BCUT2D eigenvalue weighted by molar-refractivity contribution is -0.143. The van der Waals surface area contributed by atoms with Crippen molar-refractivity contribution in [2.45, 2.75) is 152 Å². The smallest absolute Gasteiger partial charge is 0.417 e. The second kappa shape index (κ2) is 27.4. The number of carbonyl (C=O) groups is 5. The number of likely N-dealkylation sites (tertiary alicyclic amines) is 6. The van der Waals surface area contributed by atoms with Crippen molar-refractivity contribution in [2.75, 3.05) is 83.9 Å². The van der Waals surface area contributed by atoms with E-state index in [2.05, 4.69) is 40.6 Å². The Bertz CT molecular complexity index is 3940. The number of piperidine rings is 6. The summed E-state index contributed by atoms with van der Waals surface area (Å²) in [5.41, 5.74) is 8.27. The third-order valence-electron chi connectivity index (χ3n) is 20.7. The van der Waals surface area contributed by atoms with Crippen molar-refractivity contribution in [3.05, 3.63) is 139 Å². The standard InChI is InChI=1S/C36H43N5O6.C34H43N7O4/c1-23-19-24(20-30-32(23)38-35(44)46-30)21-31(34(43)40-17-11-27(12-18-40)39-13-5-2-6-14-39)47-36(45)41-15-9-25(10-16-41)28-22-26-7-3-4-8-29(26)37-33(28)42;1-23-19-24(20-25-22-35-38-30(23)25)21-29(31(42)40-15-9-26(10-16-40)39-13-5-2-6-14-39)45-33(44)41-17-11-34(12-18-41)27-7-3-4-8-28(27)36-32(43)37-34/h3-4,7-8,19-20,22,25,27,31H,2,5-6,9-18,21H2,1H3,(H,37,42)(H,38,44);3-4,7-8,19-20,22,26,29H,2,5-6,9-18,21H2,1H3,(H,35,38)(H2,36,37,43). The first kappa shape index (κ1) is 62.3. The summed E-state index contributed by atoms with van der Waals surface area (Å²) >= 11 is 0. The van der Waals surface area contributed by atoms with Crippen LogP contribution in [-0.2, 0) is 37.4 Å². The lowest BCUT2D eigenvalue weighted by atomic mass is 9.79. The van der Waals surface area contributed by atoms with Crippen molar-refractivity contribution >= 4 is 68.6 Å². The predicted octanol–water partition coefficient (Wildman–Crippen LogP) is 9.20. The molecule has 7 aromatic rings. The molecule has 6 amide bonds. The minimum absolute atomic E-state index is 0.0248. The van der Waals surface area contributed by atoms with E-state index in [-0.39, 0.29) is 35.7 Å². The molecule has 2 atom stereocenters. The number of hydrogen-bond acceptors (Lipinski definition) is 13. The van der Waals surface area contributed by atoms with Crippen molar-refractivity contribution in [2.24, 2.45) is 0 Å². The summed E-state index contributed by atoms with van der Waals surface area (Å²) in [5, 5.41) is 15.2. The number of H-pyrrole nitrogens is 3. The third-order valence-corrected chi connectivity index (χ3v) is 20.7. The Hall–Kier alpha value is -8.50. The number of anilines is 1. The van der Waals surface area contributed by atoms with E-state index in [0.717, 1.165) is 113 Å². The van der Waals surface area contributed by atoms with E-state index in [0.29, 0.717) is 108 Å². The number of aromatic nitrogens is 4. The summed E-state index contributed by atoms with van der Waals surface area (Å²) < 4.78 is 17.5. The van der Waals surface area contributed by atoms with Gasteiger partial charge in [0.15, 0.2) is 17.8 Å². The number of oxazole rings is 1. The number of ether oxygens (including phenoxy) is 2. The number of hydrogen-bond donors (Lipinski definition) is 5. The van der Waals surface area contributed by atoms with E-state index in [4.69, 9.17) is 13.9 Å². The number of pyridine rings is 1. The molecule has 5 N–H and O–H groups in total. The van der Waals surface area contributed by atoms with Gasteiger partial charge in [-0.3, -0.25) is 24.5 Å². The van der Waals surface area contributed by atoms with Crippen molar-refractivity contribution in [1.29, 1.82) is 0 Å². The van der Waals surface area contributed by atoms with Gasteiger partial charge in [-0.2, -0.15) is 5.10 Å². The molecule has 6 fully saturated rings. The molecule has 3 aromatic heterocycles. The molecule has 0 radical (unpaired) electrons. The number of para-hydroxylation sites is 2. The number of benzene rings is 4. The largest absolute Gasteiger partial charge is 0.436 e. The highest BCUT2D eigenvalue weighted by molar-refractivity contribution is 5.94. The zero-order valence-electron chi connectivity index (χ0n) is 53.0. The predicted molar refractivity (Wildman–Crippen MR) is 350 cm³/mol. The van der Waals surface area contributed by atoms with Gasteiger partial charge in [-0.1, -0.05) is 61.4 Å². The molecule has 14 rings (SSSR count). The van der Waals surface area contributed by atoms with Gasteiger partial charge in [0.25, 0.3) is 17.4 Å². The average Bonchev–Trinajstić information content (AvgIpc) is 0.945. The maximum atomic E-state index is 14.1. The van der Waals surface area contributed by atoms with Gasteiger partial charge in [-0.25, -0.2) is 19.2 Å². The lowest BCUT2D eigenvalue weighted by Gasteiger charge is -2.45. The first-order valence-corrected chi connectivity index (χ1v) is 33.5. The molecule has 22 nitrogen and oxygen atoms in total. The molecule has 22 heteroatoms. The molecule has 4 aromatic carbocycles. The van der Waals surface area contributed by atoms with Crippen molar-refractivity contribution in [3.63, 3.8) is 0 Å². The molecule has 0 aliphatic carbocycles. The van der Waals surface area contributed by atoms with Gasteiger partial charge in [0.2, 0.25) is 0 Å². The zero-order valence-corrected chi connectivity index (χ0v) is 53.0. The molecule has 0 bridgehead atoms. The first-order chi connectivity index (χ1) is 44.7. The van der Waals surface area contributed by atoms with Gasteiger partial charge in [-0.05, 0) is 181 Å². The van der Waals surface area contributed by atoms with E-state index in [9.17, 15) is 33.6 Å². The van der Waals surface area contributed by atoms with Crippen molar-refractivity contribution in [1.82, 2.24) is 54.9 Å². The van der Waals surface area contributed by atoms with Gasteiger partial charge in [0.05, 0.1) is 22.8 Å². The molecule has 10 heterocycles. The summed E-state index contributed by atoms with van der Waals surface area (Å²) in [7, 11) is 0. The van der Waals surface area contributed by atoms with Crippen molar-refractivity contribution in [3.8, 4) is 0 Å². The normalized spacial score (nSPS) is 20.3. The van der Waals surface area contributed by atoms with E-state index in [1.54, 1.807) is 22.1 Å². The quantitative estimate of drug-likeness (QED) is 0.0811. The summed E-state index contributed by atoms with van der Waals surface area (Å²) in [6.45, 7) is 12.7. The minimum Gasteiger partial charge on any atom is -0.436 e. The molecule has 1 spiro atoms. The number of carbonyl (C=O) groups excluding carboxylic acids is 5. The summed E-state index contributed by atoms with van der Waals surface area (Å²) in [6, 6.07) is 26.0. The van der Waals surface area contributed by atoms with Gasteiger partial charge >= 0.3 is 24.0 Å². The maximum absolute atomic E-state index is 14.1. The fraction of sp³-hybridized carbons (Fsp3) is 0.514. The van der Waals surface area contributed by atoms with Gasteiger partial charge in [0, 0.05) is 105 Å². The monoisotopic (exact) mass is 1250 g/mol. The summed E-state index contributed by atoms with van der Waals surface area (Å²) in [6.07, 6.45) is 13.0. The fourth-order valence-electron chi connectivity index (χ4n) is 15.7. The van der Waals surface area contributed by atoms with Gasteiger partial charge in [0.1, 0.15) is 0 Å². The van der Waals surface area contributed by atoms with Crippen LogP contribution >= 0.6 is 0 Å². The SMILES string of the molecule is Cc1cc(CC(OC(=O)N2CCC(c3cc4ccccc4[nH]c3=O)CC2)C(=O)N2CCC(N3CCCCC3)CC2)cc2oc(=O)[nH]c12.Cc1cc(CC(OC(=O)N2CCC3(CC2)NC(=O)Nc2ccccc23)C(=O)N2CCC(N3CCCCC3)CC2)cc2cn[nH]c12. The molecule has 7 aliphatic heterocycles. The molecular weight excluding hydrogens is 1170 g/mol. The minimum atomic E-state index is -1.02. The Morgan fingerprint density at radius 3 is 1.75 bits per heavy atom. The highest BCUT2D eigenvalue weighted by Crippen LogP contribution is 2.40. The number of nitrogens with one attached hydrogen (secondary N) is 5. The number of nitrogens with zero attached hydrogens (tertiary/aromatic N) is 7. The maximum Gasteiger partial charge on any atom is 0.417 e. The molecule has 2 unspecified atom stereocenters. The van der Waals surface area contributed by atoms with E-state index < -0.39 is 35.7 Å². The summed E-state index contributed by atoms with van der Waals surface area (Å²) in [4.78, 5) is 111. The van der Waals surface area contributed by atoms with Crippen LogP contribution in [0.1, 0.15) is 129 Å². The Labute approximate surface area is 534 Å². The topological polar surface area (TPSA) is 255 Å². The van der Waals surface area contributed by atoms with Crippen LogP contribution in [0.5, 0.6) is 0 Å². The summed E-state index contributed by atoms with van der Waals surface area (Å²) in [5.74, 6) is -0.832. The number of fused-ring (bicyclic) bond motifs is 5. The number of amides is 6. The van der Waals surface area contributed by atoms with Gasteiger partial charge in [-0.15, -0.1) is 0 Å².